The number of benzene rings is 2. The van der Waals surface area contributed by atoms with E-state index in [-0.39, 0.29) is 57.9 Å². The third kappa shape index (κ3) is 11.2. The second kappa shape index (κ2) is 19.4. The van der Waals surface area contributed by atoms with E-state index >= 15 is 8.78 Å². The Kier molecular flexibility index (Phi) is 15.0. The van der Waals surface area contributed by atoms with Crippen molar-refractivity contribution in [1.29, 1.82) is 0 Å². The van der Waals surface area contributed by atoms with Gasteiger partial charge >= 0.3 is 34.9 Å². The maximum atomic E-state index is 15.1. The molecule has 2 aliphatic heterocycles. The van der Waals surface area contributed by atoms with Gasteiger partial charge in [-0.15, -0.1) is 0 Å². The van der Waals surface area contributed by atoms with Gasteiger partial charge in [0, 0.05) is 48.1 Å². The second-order valence-corrected chi connectivity index (χ2v) is 19.0. The summed E-state index contributed by atoms with van der Waals surface area (Å²) in [5, 5.41) is 10.7. The first kappa shape index (κ1) is 50.3. The number of amides is 4. The van der Waals surface area contributed by atoms with E-state index in [1.807, 2.05) is 0 Å². The van der Waals surface area contributed by atoms with Gasteiger partial charge in [0.05, 0.1) is 58.1 Å². The molecule has 0 spiro atoms. The van der Waals surface area contributed by atoms with Crippen molar-refractivity contribution in [3.05, 3.63) is 100 Å². The van der Waals surface area contributed by atoms with Crippen LogP contribution in [0.4, 0.5) is 70.6 Å². The van der Waals surface area contributed by atoms with Crippen LogP contribution in [0, 0.1) is 18.4 Å². The molecule has 0 bridgehead atoms. The number of rotatable bonds is 8. The number of piperidine rings is 2. The van der Waals surface area contributed by atoms with Gasteiger partial charge in [0.15, 0.2) is 0 Å². The monoisotopic (exact) mass is 1030 g/mol. The van der Waals surface area contributed by atoms with Crippen molar-refractivity contribution in [3.8, 4) is 0 Å². The van der Waals surface area contributed by atoms with E-state index in [0.29, 0.717) is 41.7 Å². The molecule has 0 aliphatic carbocycles. The molecule has 4 aromatic rings. The van der Waals surface area contributed by atoms with Gasteiger partial charge in [-0.2, -0.15) is 64.3 Å². The maximum Gasteiger partial charge on any atom is 0.416 e. The van der Waals surface area contributed by atoms with E-state index in [1.54, 1.807) is 0 Å². The van der Waals surface area contributed by atoms with Crippen molar-refractivity contribution in [2.75, 3.05) is 36.8 Å². The van der Waals surface area contributed by atoms with E-state index < -0.39 is 97.5 Å². The molecule has 28 heteroatoms. The summed E-state index contributed by atoms with van der Waals surface area (Å²) in [6, 6.07) is 4.16. The lowest BCUT2D eigenvalue weighted by molar-refractivity contribution is -0.138. The van der Waals surface area contributed by atoms with Gasteiger partial charge in [-0.1, -0.05) is 12.1 Å². The molecular weight excluding hydrogens is 1000 g/mol. The highest BCUT2D eigenvalue weighted by Gasteiger charge is 2.55. The predicted octanol–water partition coefficient (Wildman–Crippen LogP) is 8.93. The fourth-order valence-electron chi connectivity index (χ4n) is 6.61. The van der Waals surface area contributed by atoms with Crippen LogP contribution in [0.3, 0.4) is 0 Å². The third-order valence-electron chi connectivity index (χ3n) is 10.1. The Hall–Kier alpha value is -5.69. The highest BCUT2D eigenvalue weighted by molar-refractivity contribution is 9.10. The number of aromatic nitrogens is 4. The molecule has 0 atom stereocenters. The van der Waals surface area contributed by atoms with Gasteiger partial charge in [0.1, 0.15) is 0 Å². The highest BCUT2D eigenvalue weighted by Crippen LogP contribution is 2.46. The number of carbonyl (C=O) groups excluding carboxylic acids is 2. The zero-order chi connectivity index (χ0) is 48.2. The SMILES string of the molecule is O=C(Nc1ccnnc1)N1CCC(C(F)(F)S(=O)(=O)c2ccc(C(F)(F)F)cc2Br)CC1.[C-]#[N+]c1cc(C(F)(F)F)ccc1S(=O)(=O)C(F)(F)C1CCN(C(=O)Nc2ccnnc2)CC1. The smallest absolute Gasteiger partial charge is 0.325 e. The molecule has 15 nitrogen and oxygen atoms in total. The molecule has 65 heavy (non-hydrogen) atoms. The van der Waals surface area contributed by atoms with Crippen molar-refractivity contribution in [1.82, 2.24) is 30.2 Å². The average molecular weight is 1030 g/mol. The van der Waals surface area contributed by atoms with Crippen LogP contribution in [0.15, 0.2) is 87.6 Å². The van der Waals surface area contributed by atoms with E-state index in [9.17, 15) is 61.5 Å². The first-order chi connectivity index (χ1) is 30.2. The van der Waals surface area contributed by atoms with Crippen LogP contribution in [0.2, 0.25) is 0 Å². The lowest BCUT2D eigenvalue weighted by Crippen LogP contribution is -2.47. The van der Waals surface area contributed by atoms with Crippen LogP contribution in [0.1, 0.15) is 36.8 Å². The van der Waals surface area contributed by atoms with Gasteiger partial charge < -0.3 is 20.4 Å². The van der Waals surface area contributed by atoms with E-state index in [2.05, 4.69) is 51.8 Å². The Bertz CT molecular complexity index is 2630. The number of nitrogens with one attached hydrogen (secondary N) is 2. The number of halogens is 11. The maximum absolute atomic E-state index is 15.1. The molecule has 2 saturated heterocycles. The van der Waals surface area contributed by atoms with Crippen LogP contribution >= 0.6 is 15.9 Å². The third-order valence-corrected chi connectivity index (χ3v) is 15.0. The molecule has 6 rings (SSSR count). The molecule has 2 N–H and O–H groups in total. The molecular formula is C37H32BrF10N9O6S2. The number of nitrogens with zero attached hydrogens (tertiary/aromatic N) is 7. The van der Waals surface area contributed by atoms with Crippen molar-refractivity contribution < 1.29 is 70.3 Å². The fourth-order valence-corrected chi connectivity index (χ4v) is 10.8. The van der Waals surface area contributed by atoms with Gasteiger partial charge in [-0.05, 0) is 78.0 Å². The minimum Gasteiger partial charge on any atom is -0.325 e. The Morgan fingerprint density at radius 3 is 1.35 bits per heavy atom. The zero-order valence-electron chi connectivity index (χ0n) is 32.8. The molecule has 4 heterocycles. The summed E-state index contributed by atoms with van der Waals surface area (Å²) in [7, 11) is -10.8. The Labute approximate surface area is 371 Å². The topological polar surface area (TPSA) is 189 Å². The number of hydrogen-bond donors (Lipinski definition) is 2. The quantitative estimate of drug-likeness (QED) is 0.127. The minimum absolute atomic E-state index is 0.131. The molecule has 0 radical (unpaired) electrons. The summed E-state index contributed by atoms with van der Waals surface area (Å²) in [6.45, 7) is 6.35. The highest BCUT2D eigenvalue weighted by atomic mass is 79.9. The van der Waals surface area contributed by atoms with Crippen LogP contribution < -0.4 is 10.6 Å². The molecule has 2 aromatic carbocycles. The second-order valence-electron chi connectivity index (χ2n) is 14.2. The Balaban J connectivity index is 0.000000244. The van der Waals surface area contributed by atoms with E-state index in [4.69, 9.17) is 6.57 Å². The summed E-state index contributed by atoms with van der Waals surface area (Å²) in [5.41, 5.74) is -2.84. The normalized spacial score (nSPS) is 15.9. The fraction of sp³-hybridized carbons (Fsp3) is 0.378. The average Bonchev–Trinajstić information content (AvgIpc) is 3.26. The number of alkyl halides is 10. The number of hydrogen-bond acceptors (Lipinski definition) is 10. The van der Waals surface area contributed by atoms with Crippen LogP contribution in [0.5, 0.6) is 0 Å². The first-order valence-electron chi connectivity index (χ1n) is 18.6. The van der Waals surface area contributed by atoms with Gasteiger partial charge in [-0.3, -0.25) is 0 Å². The lowest BCUT2D eigenvalue weighted by Gasteiger charge is -2.35. The summed E-state index contributed by atoms with van der Waals surface area (Å²) in [6.07, 6.45) is -5.73. The van der Waals surface area contributed by atoms with Gasteiger partial charge in [0.25, 0.3) is 0 Å². The molecule has 4 amide bonds. The predicted molar refractivity (Wildman–Crippen MR) is 212 cm³/mol. The van der Waals surface area contributed by atoms with Crippen molar-refractivity contribution in [2.24, 2.45) is 11.8 Å². The van der Waals surface area contributed by atoms with E-state index in [1.165, 1.54) is 46.7 Å². The number of carbonyl (C=O) groups is 2. The largest absolute Gasteiger partial charge is 0.416 e. The van der Waals surface area contributed by atoms with Crippen LogP contribution in [-0.4, -0.2) is 95.8 Å². The summed E-state index contributed by atoms with van der Waals surface area (Å²) >= 11 is 2.67. The van der Waals surface area contributed by atoms with E-state index in [0.717, 1.165) is 0 Å². The van der Waals surface area contributed by atoms with Gasteiger partial charge in [-0.25, -0.2) is 31.3 Å². The summed E-state index contributed by atoms with van der Waals surface area (Å²) in [5.74, 6) is -3.32. The lowest BCUT2D eigenvalue weighted by atomic mass is 9.97. The standard InChI is InChI=1S/C19H16F5N5O3S.C18H16BrF5N4O3S/c1-25-15-10-13(18(20,21)22)2-3-16(15)33(31,32)19(23,24)12-5-8-29(9-6-12)17(30)28-14-4-7-26-27-11-14;19-14-9-12(17(20,21)22)1-2-15(14)32(30,31)18(23,24)11-4-7-28(8-5-11)16(29)27-13-3-6-25-26-10-13/h2-4,7,10-12H,5-6,8-9H2,(H,26,28,30);1-3,6,9-11H,4-5,7-8H2,(H,25,27,29). The molecule has 350 valence electrons. The van der Waals surface area contributed by atoms with Crippen LogP contribution in [0.25, 0.3) is 4.85 Å². The number of urea groups is 2. The van der Waals surface area contributed by atoms with Crippen molar-refractivity contribution in [3.63, 3.8) is 0 Å². The number of anilines is 2. The first-order valence-corrected chi connectivity index (χ1v) is 22.3. The minimum atomic E-state index is -5.48. The number of sulfone groups is 2. The zero-order valence-corrected chi connectivity index (χ0v) is 36.0. The van der Waals surface area contributed by atoms with Crippen LogP contribution in [-0.2, 0) is 32.0 Å². The molecule has 2 aliphatic rings. The Morgan fingerprint density at radius 2 is 1.00 bits per heavy atom. The van der Waals surface area contributed by atoms with Gasteiger partial charge in [0.2, 0.25) is 25.4 Å². The molecule has 0 saturated carbocycles. The summed E-state index contributed by atoms with van der Waals surface area (Å²) < 4.78 is 187. The summed E-state index contributed by atoms with van der Waals surface area (Å²) in [4.78, 5) is 27.6. The van der Waals surface area contributed by atoms with Crippen molar-refractivity contribution >= 4 is 64.7 Å². The Morgan fingerprint density at radius 1 is 0.615 bits per heavy atom. The number of likely N-dealkylation sites (tertiary alicyclic amines) is 2. The molecule has 2 aromatic heterocycles. The molecule has 0 unspecified atom stereocenters. The molecule has 2 fully saturated rings. The van der Waals surface area contributed by atoms with Crippen molar-refractivity contribution in [2.45, 2.75) is 58.3 Å².